The maximum Gasteiger partial charge on any atom is 0.338 e. The molecule has 1 aliphatic carbocycles. The summed E-state index contributed by atoms with van der Waals surface area (Å²) in [5.41, 5.74) is 8.37. The molecule has 170 valence electrons. The van der Waals surface area contributed by atoms with Crippen LogP contribution in [0.5, 0.6) is 0 Å². The van der Waals surface area contributed by atoms with E-state index in [1.807, 2.05) is 12.1 Å². The van der Waals surface area contributed by atoms with Gasteiger partial charge in [0.15, 0.2) is 5.54 Å². The van der Waals surface area contributed by atoms with E-state index >= 15 is 0 Å². The molecule has 1 heterocycles. The van der Waals surface area contributed by atoms with E-state index in [0.29, 0.717) is 24.8 Å². The van der Waals surface area contributed by atoms with Crippen LogP contribution in [-0.4, -0.2) is 55.2 Å². The van der Waals surface area contributed by atoms with Crippen LogP contribution in [0.4, 0.5) is 0 Å². The van der Waals surface area contributed by atoms with Crippen LogP contribution in [0.15, 0.2) is 24.3 Å². The van der Waals surface area contributed by atoms with Gasteiger partial charge in [0.1, 0.15) is 0 Å². The van der Waals surface area contributed by atoms with Crippen LogP contribution in [-0.2, 0) is 20.8 Å². The highest BCUT2D eigenvalue weighted by Gasteiger charge is 2.38. The lowest BCUT2D eigenvalue weighted by atomic mass is 9.93. The molecule has 1 aliphatic heterocycles. The fourth-order valence-electron chi connectivity index (χ4n) is 4.42. The molecule has 1 unspecified atom stereocenters. The number of hydrogen-bond donors (Lipinski definition) is 2. The van der Waals surface area contributed by atoms with Gasteiger partial charge >= 0.3 is 11.9 Å². The molecular weight excluding hydrogens is 394 g/mol. The summed E-state index contributed by atoms with van der Waals surface area (Å²) in [7, 11) is 2.14. The highest BCUT2D eigenvalue weighted by Crippen LogP contribution is 2.29. The fourth-order valence-corrected chi connectivity index (χ4v) is 4.42. The Hall–Kier alpha value is -2.38. The van der Waals surface area contributed by atoms with Crippen LogP contribution in [0.25, 0.3) is 5.70 Å². The van der Waals surface area contributed by atoms with Crippen molar-refractivity contribution < 1.29 is 19.1 Å². The van der Waals surface area contributed by atoms with Crippen LogP contribution in [0.2, 0.25) is 0 Å². The zero-order chi connectivity index (χ0) is 22.4. The number of esters is 2. The van der Waals surface area contributed by atoms with E-state index in [1.54, 1.807) is 26.0 Å². The molecule has 3 N–H and O–H groups in total. The van der Waals surface area contributed by atoms with Gasteiger partial charge in [0.25, 0.3) is 0 Å². The van der Waals surface area contributed by atoms with Crippen LogP contribution in [0.3, 0.4) is 0 Å². The third-order valence-corrected chi connectivity index (χ3v) is 6.15. The summed E-state index contributed by atoms with van der Waals surface area (Å²) in [6.07, 6.45) is 7.95. The van der Waals surface area contributed by atoms with E-state index in [-0.39, 0.29) is 19.1 Å². The number of nitrogens with zero attached hydrogens (tertiary/aromatic N) is 1. The predicted molar refractivity (Wildman–Crippen MR) is 120 cm³/mol. The number of carbonyl (C=O) groups is 2. The molecule has 1 aromatic carbocycles. The van der Waals surface area contributed by atoms with E-state index in [4.69, 9.17) is 15.2 Å². The van der Waals surface area contributed by atoms with Gasteiger partial charge in [0.05, 0.1) is 18.8 Å². The lowest BCUT2D eigenvalue weighted by Crippen LogP contribution is -2.50. The first-order valence-corrected chi connectivity index (χ1v) is 11.3. The highest BCUT2D eigenvalue weighted by molar-refractivity contribution is 5.92. The molecule has 2 aliphatic rings. The zero-order valence-electron chi connectivity index (χ0n) is 18.9. The molecule has 0 bridgehead atoms. The topological polar surface area (TPSA) is 93.9 Å². The molecule has 1 atom stereocenters. The average molecular weight is 430 g/mol. The molecule has 0 saturated heterocycles. The average Bonchev–Trinajstić information content (AvgIpc) is 3.18. The molecule has 0 amide bonds. The van der Waals surface area contributed by atoms with Gasteiger partial charge in [-0.1, -0.05) is 25.3 Å². The summed E-state index contributed by atoms with van der Waals surface area (Å²) in [6.45, 7) is 5.16. The van der Waals surface area contributed by atoms with Gasteiger partial charge in [-0.3, -0.25) is 4.90 Å². The monoisotopic (exact) mass is 429 g/mol. The van der Waals surface area contributed by atoms with Gasteiger partial charge in [-0.05, 0) is 57.5 Å². The second-order valence-corrected chi connectivity index (χ2v) is 8.47. The summed E-state index contributed by atoms with van der Waals surface area (Å²) in [5, 5.41) is 3.27. The maximum absolute atomic E-state index is 12.3. The van der Waals surface area contributed by atoms with E-state index in [0.717, 1.165) is 16.8 Å². The molecule has 0 spiro atoms. The van der Waals surface area contributed by atoms with Crippen molar-refractivity contribution in [2.24, 2.45) is 5.73 Å². The first-order chi connectivity index (χ1) is 14.9. The lowest BCUT2D eigenvalue weighted by molar-refractivity contribution is -0.147. The standard InChI is InChI=1S/C24H35N3O4/c1-4-30-22(28)17-11-12-20(21-14-24(25,16-26-21)23(29)31-5-2)18(13-17)15-27(3)19-9-7-6-8-10-19/h11-14,19,26H,4-10,15-16,25H2,1-3H3. The second-order valence-electron chi connectivity index (χ2n) is 8.47. The number of nitrogens with two attached hydrogens (primary N) is 1. The first-order valence-electron chi connectivity index (χ1n) is 11.3. The van der Waals surface area contributed by atoms with Gasteiger partial charge in [0, 0.05) is 30.4 Å². The Bertz CT molecular complexity index is 832. The Morgan fingerprint density at radius 1 is 1.16 bits per heavy atom. The van der Waals surface area contributed by atoms with Crippen molar-refractivity contribution in [3.8, 4) is 0 Å². The molecule has 0 aromatic heterocycles. The quantitative estimate of drug-likeness (QED) is 0.614. The normalized spacial score (nSPS) is 21.5. The van der Waals surface area contributed by atoms with Crippen molar-refractivity contribution in [2.75, 3.05) is 26.8 Å². The number of ether oxygens (including phenoxy) is 2. The van der Waals surface area contributed by atoms with Gasteiger partial charge in [-0.2, -0.15) is 0 Å². The molecule has 0 radical (unpaired) electrons. The van der Waals surface area contributed by atoms with Crippen molar-refractivity contribution >= 4 is 17.6 Å². The number of nitrogens with one attached hydrogen (secondary N) is 1. The minimum Gasteiger partial charge on any atom is -0.464 e. The van der Waals surface area contributed by atoms with Crippen molar-refractivity contribution in [1.29, 1.82) is 0 Å². The largest absolute Gasteiger partial charge is 0.464 e. The molecule has 1 saturated carbocycles. The van der Waals surface area contributed by atoms with Crippen LogP contribution in [0.1, 0.15) is 67.4 Å². The second kappa shape index (κ2) is 10.3. The molecular formula is C24H35N3O4. The zero-order valence-corrected chi connectivity index (χ0v) is 18.9. The number of carbonyl (C=O) groups excluding carboxylic acids is 2. The van der Waals surface area contributed by atoms with Gasteiger partial charge in [-0.15, -0.1) is 0 Å². The van der Waals surface area contributed by atoms with E-state index < -0.39 is 11.5 Å². The predicted octanol–water partition coefficient (Wildman–Crippen LogP) is 2.83. The Morgan fingerprint density at radius 3 is 2.55 bits per heavy atom. The van der Waals surface area contributed by atoms with E-state index in [1.165, 1.54) is 32.1 Å². The summed E-state index contributed by atoms with van der Waals surface area (Å²) in [6, 6.07) is 6.11. The van der Waals surface area contributed by atoms with Crippen LogP contribution >= 0.6 is 0 Å². The van der Waals surface area contributed by atoms with Crippen LogP contribution < -0.4 is 11.1 Å². The summed E-state index contributed by atoms with van der Waals surface area (Å²) < 4.78 is 10.3. The molecule has 31 heavy (non-hydrogen) atoms. The lowest BCUT2D eigenvalue weighted by Gasteiger charge is -2.32. The maximum atomic E-state index is 12.3. The van der Waals surface area contributed by atoms with Gasteiger partial charge in [0.2, 0.25) is 0 Å². The minimum absolute atomic E-state index is 0.276. The molecule has 7 heteroatoms. The SMILES string of the molecule is CCOC(=O)c1ccc(C2=CC(N)(C(=O)OCC)CN2)c(CN(C)C2CCCCC2)c1. The summed E-state index contributed by atoms with van der Waals surface area (Å²) in [5.74, 6) is -0.773. The number of benzene rings is 1. The fraction of sp³-hybridized carbons (Fsp3) is 0.583. The third-order valence-electron chi connectivity index (χ3n) is 6.15. The number of rotatable bonds is 8. The van der Waals surface area contributed by atoms with Gasteiger partial charge in [-0.25, -0.2) is 9.59 Å². The minimum atomic E-state index is -1.20. The number of hydrogen-bond acceptors (Lipinski definition) is 7. The van der Waals surface area contributed by atoms with Crippen LogP contribution in [0, 0.1) is 0 Å². The first kappa shape index (κ1) is 23.3. The van der Waals surface area contributed by atoms with Crippen molar-refractivity contribution in [3.05, 3.63) is 41.0 Å². The molecule has 1 aromatic rings. The van der Waals surface area contributed by atoms with Crippen molar-refractivity contribution in [2.45, 2.75) is 64.1 Å². The Morgan fingerprint density at radius 2 is 1.87 bits per heavy atom. The van der Waals surface area contributed by atoms with Crippen molar-refractivity contribution in [3.63, 3.8) is 0 Å². The smallest absolute Gasteiger partial charge is 0.338 e. The van der Waals surface area contributed by atoms with E-state index in [2.05, 4.69) is 17.3 Å². The van der Waals surface area contributed by atoms with Crippen molar-refractivity contribution in [1.82, 2.24) is 10.2 Å². The molecule has 3 rings (SSSR count). The molecule has 7 nitrogen and oxygen atoms in total. The Balaban J connectivity index is 1.91. The van der Waals surface area contributed by atoms with E-state index in [9.17, 15) is 9.59 Å². The Labute approximate surface area is 184 Å². The summed E-state index contributed by atoms with van der Waals surface area (Å²) >= 11 is 0. The van der Waals surface area contributed by atoms with Gasteiger partial charge < -0.3 is 20.5 Å². The highest BCUT2D eigenvalue weighted by atomic mass is 16.5. The summed E-state index contributed by atoms with van der Waals surface area (Å²) in [4.78, 5) is 27.0. The molecule has 1 fully saturated rings. The third kappa shape index (κ3) is 5.46. The Kier molecular flexibility index (Phi) is 7.73.